The van der Waals surface area contributed by atoms with E-state index in [0.29, 0.717) is 13.1 Å². The number of piperazine rings is 1. The van der Waals surface area contributed by atoms with Crippen LogP contribution in [0.3, 0.4) is 0 Å². The van der Waals surface area contributed by atoms with Crippen molar-refractivity contribution in [2.24, 2.45) is 16.1 Å². The van der Waals surface area contributed by atoms with Crippen molar-refractivity contribution in [3.8, 4) is 5.75 Å². The number of guanidine groups is 1. The Hall–Kier alpha value is -2.93. The highest BCUT2D eigenvalue weighted by molar-refractivity contribution is 5.94. The van der Waals surface area contributed by atoms with E-state index in [1.807, 2.05) is 26.2 Å². The highest BCUT2D eigenvalue weighted by atomic mass is 16.5. The predicted octanol–water partition coefficient (Wildman–Crippen LogP) is 3.34. The topological polar surface area (TPSA) is 69.4 Å². The van der Waals surface area contributed by atoms with Crippen LogP contribution in [0.15, 0.2) is 53.5 Å². The molecule has 0 aliphatic carbocycles. The van der Waals surface area contributed by atoms with Crippen LogP contribution < -0.4 is 25.6 Å². The smallest absolute Gasteiger partial charge is 0.198 e. The number of nitrogens with zero attached hydrogens (tertiary/aromatic N) is 4. The van der Waals surface area contributed by atoms with E-state index in [1.54, 1.807) is 7.11 Å². The summed E-state index contributed by atoms with van der Waals surface area (Å²) in [5.41, 5.74) is 9.31. The number of nitrogens with one attached hydrogen (secondary N) is 1. The molecule has 2 aromatic carbocycles. The van der Waals surface area contributed by atoms with Gasteiger partial charge in [0.05, 0.1) is 7.11 Å². The first-order valence-corrected chi connectivity index (χ1v) is 11.2. The highest BCUT2D eigenvalue weighted by Gasteiger charge is 2.22. The molecule has 0 unspecified atom stereocenters. The number of nitrogens with two attached hydrogens (primary N) is 1. The van der Waals surface area contributed by atoms with E-state index < -0.39 is 0 Å². The molecule has 7 heteroatoms. The Labute approximate surface area is 192 Å². The Morgan fingerprint density at radius 2 is 1.78 bits per heavy atom. The van der Waals surface area contributed by atoms with E-state index in [0.717, 1.165) is 43.6 Å². The van der Waals surface area contributed by atoms with Gasteiger partial charge in [0.25, 0.3) is 0 Å². The van der Waals surface area contributed by atoms with Crippen molar-refractivity contribution < 1.29 is 4.74 Å². The summed E-state index contributed by atoms with van der Waals surface area (Å²) in [4.78, 5) is 11.8. The zero-order chi connectivity index (χ0) is 23.1. The number of aliphatic imine (C=N–C) groups is 1. The van der Waals surface area contributed by atoms with E-state index in [2.05, 4.69) is 70.3 Å². The Morgan fingerprint density at radius 3 is 2.38 bits per heavy atom. The molecular weight excluding hydrogens is 400 g/mol. The number of anilines is 3. The molecule has 0 atom stereocenters. The summed E-state index contributed by atoms with van der Waals surface area (Å²) in [5, 5.41) is 3.56. The molecule has 1 saturated heterocycles. The van der Waals surface area contributed by atoms with Crippen molar-refractivity contribution >= 4 is 23.0 Å². The fraction of sp³-hybridized carbons (Fsp3) is 0.480. The Balaban J connectivity index is 1.72. The molecule has 0 saturated carbocycles. The minimum Gasteiger partial charge on any atom is -0.497 e. The van der Waals surface area contributed by atoms with Crippen LogP contribution in [0.5, 0.6) is 5.75 Å². The lowest BCUT2D eigenvalue weighted by Crippen LogP contribution is -2.51. The van der Waals surface area contributed by atoms with Crippen molar-refractivity contribution in [2.45, 2.75) is 13.8 Å². The van der Waals surface area contributed by atoms with E-state index in [-0.39, 0.29) is 5.41 Å². The largest absolute Gasteiger partial charge is 0.497 e. The molecule has 0 spiro atoms. The number of ether oxygens (including phenoxy) is 1. The molecule has 3 rings (SSSR count). The normalized spacial score (nSPS) is 15.0. The van der Waals surface area contributed by atoms with Gasteiger partial charge in [-0.3, -0.25) is 4.99 Å². The van der Waals surface area contributed by atoms with Crippen LogP contribution in [-0.2, 0) is 0 Å². The Kier molecular flexibility index (Phi) is 7.85. The third-order valence-electron chi connectivity index (χ3n) is 5.85. The van der Waals surface area contributed by atoms with E-state index in [4.69, 9.17) is 15.5 Å². The predicted molar refractivity (Wildman–Crippen MR) is 136 cm³/mol. The third kappa shape index (κ3) is 6.29. The molecule has 1 fully saturated rings. The van der Waals surface area contributed by atoms with Gasteiger partial charge in [0, 0.05) is 69.9 Å². The second kappa shape index (κ2) is 10.6. The second-order valence-electron chi connectivity index (χ2n) is 9.25. The molecule has 1 heterocycles. The molecule has 2 aromatic rings. The van der Waals surface area contributed by atoms with E-state index in [9.17, 15) is 0 Å². The van der Waals surface area contributed by atoms with E-state index >= 15 is 0 Å². The summed E-state index contributed by atoms with van der Waals surface area (Å²) in [7, 11) is 5.80. The molecule has 7 nitrogen and oxygen atoms in total. The van der Waals surface area contributed by atoms with E-state index in [1.165, 1.54) is 11.4 Å². The van der Waals surface area contributed by atoms with Crippen molar-refractivity contribution in [1.29, 1.82) is 0 Å². The first-order chi connectivity index (χ1) is 15.3. The minimum atomic E-state index is -0.0376. The van der Waals surface area contributed by atoms with Crippen LogP contribution in [0, 0.1) is 5.41 Å². The maximum Gasteiger partial charge on any atom is 0.198 e. The van der Waals surface area contributed by atoms with Gasteiger partial charge in [-0.15, -0.1) is 0 Å². The molecule has 174 valence electrons. The van der Waals surface area contributed by atoms with Crippen molar-refractivity contribution in [3.63, 3.8) is 0 Å². The summed E-state index contributed by atoms with van der Waals surface area (Å²) in [6.45, 7) is 9.22. The van der Waals surface area contributed by atoms with Gasteiger partial charge < -0.3 is 30.5 Å². The summed E-state index contributed by atoms with van der Waals surface area (Å²) in [6, 6.07) is 16.7. The van der Waals surface area contributed by atoms with Gasteiger partial charge in [-0.1, -0.05) is 19.9 Å². The number of rotatable bonds is 7. The van der Waals surface area contributed by atoms with Crippen LogP contribution in [0.1, 0.15) is 13.8 Å². The number of hydrogen-bond donors (Lipinski definition) is 2. The fourth-order valence-corrected chi connectivity index (χ4v) is 3.53. The average molecular weight is 439 g/mol. The molecular formula is C25H38N6O. The van der Waals surface area contributed by atoms with Gasteiger partial charge >= 0.3 is 0 Å². The lowest BCUT2D eigenvalue weighted by molar-refractivity contribution is 0.368. The molecule has 0 bridgehead atoms. The Morgan fingerprint density at radius 1 is 1.09 bits per heavy atom. The monoisotopic (exact) mass is 438 g/mol. The molecule has 1 aliphatic rings. The zero-order valence-corrected chi connectivity index (χ0v) is 20.1. The summed E-state index contributed by atoms with van der Waals surface area (Å²) < 4.78 is 5.39. The number of hydrogen-bond acceptors (Lipinski definition) is 5. The highest BCUT2D eigenvalue weighted by Crippen LogP contribution is 2.23. The fourth-order valence-electron chi connectivity index (χ4n) is 3.53. The lowest BCUT2D eigenvalue weighted by atomic mass is 9.94. The van der Waals surface area contributed by atoms with Crippen molar-refractivity contribution in [3.05, 3.63) is 48.5 Å². The maximum absolute atomic E-state index is 5.95. The SMILES string of the molecule is COc1cccc(N2CCN(C(=NCC(C)(C)CN)Nc3ccc(N(C)C)cc3)CC2)c1. The molecule has 32 heavy (non-hydrogen) atoms. The number of benzene rings is 2. The van der Waals surface area contributed by atoms with Crippen LogP contribution in [0.4, 0.5) is 17.1 Å². The maximum atomic E-state index is 5.95. The number of methoxy groups -OCH3 is 1. The van der Waals surface area contributed by atoms with Crippen molar-refractivity contribution in [1.82, 2.24) is 4.90 Å². The summed E-state index contributed by atoms with van der Waals surface area (Å²) in [6.07, 6.45) is 0. The second-order valence-corrected chi connectivity index (χ2v) is 9.25. The standard InChI is InChI=1S/C25H38N6O/c1-25(2,18-26)19-27-24(28-20-9-11-21(12-10-20)29(3)4)31-15-13-30(14-16-31)22-7-6-8-23(17-22)32-5/h6-12,17H,13-16,18-19,26H2,1-5H3,(H,27,28). The minimum absolute atomic E-state index is 0.0376. The third-order valence-corrected chi connectivity index (χ3v) is 5.85. The first-order valence-electron chi connectivity index (χ1n) is 11.2. The molecule has 0 aromatic heterocycles. The summed E-state index contributed by atoms with van der Waals surface area (Å²) >= 11 is 0. The lowest BCUT2D eigenvalue weighted by Gasteiger charge is -2.38. The van der Waals surface area contributed by atoms with Crippen LogP contribution >= 0.6 is 0 Å². The quantitative estimate of drug-likeness (QED) is 0.510. The first kappa shape index (κ1) is 23.7. The van der Waals surface area contributed by atoms with Gasteiger partial charge in [-0.25, -0.2) is 0 Å². The zero-order valence-electron chi connectivity index (χ0n) is 20.1. The van der Waals surface area contributed by atoms with Crippen molar-refractivity contribution in [2.75, 3.05) is 75.6 Å². The van der Waals surface area contributed by atoms with Crippen LogP contribution in [0.25, 0.3) is 0 Å². The van der Waals surface area contributed by atoms with Gasteiger partial charge in [0.1, 0.15) is 5.75 Å². The van der Waals surface area contributed by atoms with Crippen LogP contribution in [0.2, 0.25) is 0 Å². The molecule has 0 radical (unpaired) electrons. The molecule has 1 aliphatic heterocycles. The molecule has 0 amide bonds. The van der Waals surface area contributed by atoms with Gasteiger partial charge in [0.15, 0.2) is 5.96 Å². The summed E-state index contributed by atoms with van der Waals surface area (Å²) in [5.74, 6) is 1.80. The van der Waals surface area contributed by atoms with Gasteiger partial charge in [0.2, 0.25) is 0 Å². The Bertz CT molecular complexity index is 886. The average Bonchev–Trinajstić information content (AvgIpc) is 2.82. The van der Waals surface area contributed by atoms with Crippen LogP contribution in [-0.4, -0.2) is 71.3 Å². The van der Waals surface area contributed by atoms with Gasteiger partial charge in [-0.05, 0) is 48.4 Å². The van der Waals surface area contributed by atoms with Gasteiger partial charge in [-0.2, -0.15) is 0 Å². The molecule has 3 N–H and O–H groups in total.